The van der Waals surface area contributed by atoms with Gasteiger partial charge in [-0.3, -0.25) is 4.79 Å². The molecule has 110 valence electrons. The van der Waals surface area contributed by atoms with Crippen molar-refractivity contribution >= 4 is 23.1 Å². The highest BCUT2D eigenvalue weighted by atomic mass is 16.1. The minimum absolute atomic E-state index is 0.0631. The van der Waals surface area contributed by atoms with Crippen LogP contribution in [0, 0.1) is 0 Å². The van der Waals surface area contributed by atoms with Gasteiger partial charge in [0.1, 0.15) is 0 Å². The number of rotatable bonds is 5. The van der Waals surface area contributed by atoms with Crippen molar-refractivity contribution in [3.63, 3.8) is 0 Å². The van der Waals surface area contributed by atoms with Crippen LogP contribution in [0.1, 0.15) is 12.5 Å². The highest BCUT2D eigenvalue weighted by molar-refractivity contribution is 5.88. The summed E-state index contributed by atoms with van der Waals surface area (Å²) < 4.78 is 0. The number of amides is 1. The molecule has 1 amide bonds. The molecule has 0 atom stereocenters. The van der Waals surface area contributed by atoms with Gasteiger partial charge in [0.25, 0.3) is 0 Å². The zero-order valence-electron chi connectivity index (χ0n) is 12.6. The lowest BCUT2D eigenvalue weighted by atomic mass is 10.2. The molecule has 1 aromatic heterocycles. The minimum atomic E-state index is -0.0631. The largest absolute Gasteiger partial charge is 0.378 e. The molecule has 21 heavy (non-hydrogen) atoms. The molecule has 0 unspecified atom stereocenters. The van der Waals surface area contributed by atoms with E-state index in [4.69, 9.17) is 0 Å². The van der Waals surface area contributed by atoms with Crippen LogP contribution in [0.3, 0.4) is 0 Å². The molecule has 0 aliphatic rings. The van der Waals surface area contributed by atoms with Crippen LogP contribution in [0.2, 0.25) is 0 Å². The van der Waals surface area contributed by atoms with Gasteiger partial charge < -0.3 is 15.5 Å². The molecule has 1 heterocycles. The van der Waals surface area contributed by atoms with Crippen molar-refractivity contribution in [2.75, 3.05) is 29.6 Å². The van der Waals surface area contributed by atoms with E-state index in [2.05, 4.69) is 15.6 Å². The Labute approximate surface area is 125 Å². The molecule has 0 spiro atoms. The topological polar surface area (TPSA) is 57.3 Å². The predicted octanol–water partition coefficient (Wildman–Crippen LogP) is 2.72. The molecule has 0 radical (unpaired) electrons. The van der Waals surface area contributed by atoms with E-state index in [1.165, 1.54) is 6.92 Å². The first kappa shape index (κ1) is 14.8. The first-order valence-electron chi connectivity index (χ1n) is 6.79. The Balaban J connectivity index is 2.02. The lowest BCUT2D eigenvalue weighted by Crippen LogP contribution is -2.13. The molecule has 0 bridgehead atoms. The van der Waals surface area contributed by atoms with Crippen LogP contribution in [-0.2, 0) is 11.3 Å². The van der Waals surface area contributed by atoms with E-state index in [1.54, 1.807) is 6.20 Å². The van der Waals surface area contributed by atoms with Crippen molar-refractivity contribution in [2.24, 2.45) is 0 Å². The van der Waals surface area contributed by atoms with E-state index in [-0.39, 0.29) is 5.91 Å². The van der Waals surface area contributed by atoms with E-state index < -0.39 is 0 Å². The second-order valence-electron chi connectivity index (χ2n) is 5.00. The lowest BCUT2D eigenvalue weighted by Gasteiger charge is -2.17. The molecule has 0 saturated carbocycles. The number of nitrogens with zero attached hydrogens (tertiary/aromatic N) is 2. The van der Waals surface area contributed by atoms with Crippen molar-refractivity contribution in [1.82, 2.24) is 4.98 Å². The maximum atomic E-state index is 11.0. The van der Waals surface area contributed by atoms with Gasteiger partial charge in [-0.2, -0.15) is 0 Å². The van der Waals surface area contributed by atoms with Gasteiger partial charge in [0.05, 0.1) is 5.69 Å². The second kappa shape index (κ2) is 6.74. The number of hydrogen-bond acceptors (Lipinski definition) is 4. The van der Waals surface area contributed by atoms with Gasteiger partial charge in [-0.05, 0) is 29.8 Å². The van der Waals surface area contributed by atoms with Gasteiger partial charge in [-0.1, -0.05) is 12.1 Å². The Bertz CT molecular complexity index is 608. The number of anilines is 3. The standard InChI is InChI=1S/C16H20N4O/c1-12(21)19-14-8-6-13(7-9-14)11-18-15-5-4-10-17-16(15)20(2)3/h4-10,18H,11H2,1-3H3,(H,19,21). The summed E-state index contributed by atoms with van der Waals surface area (Å²) in [6.07, 6.45) is 1.78. The van der Waals surface area contributed by atoms with Gasteiger partial charge in [-0.25, -0.2) is 4.98 Å². The molecule has 5 heteroatoms. The third-order valence-corrected chi connectivity index (χ3v) is 2.97. The highest BCUT2D eigenvalue weighted by Gasteiger charge is 2.04. The first-order chi connectivity index (χ1) is 10.1. The summed E-state index contributed by atoms with van der Waals surface area (Å²) in [5.41, 5.74) is 2.94. The van der Waals surface area contributed by atoms with Gasteiger partial charge in [0, 0.05) is 39.4 Å². The molecule has 2 rings (SSSR count). The molecular weight excluding hydrogens is 264 g/mol. The van der Waals surface area contributed by atoms with Crippen molar-refractivity contribution in [2.45, 2.75) is 13.5 Å². The SMILES string of the molecule is CC(=O)Nc1ccc(CNc2cccnc2N(C)C)cc1. The smallest absolute Gasteiger partial charge is 0.221 e. The van der Waals surface area contributed by atoms with Crippen LogP contribution in [0.15, 0.2) is 42.6 Å². The fourth-order valence-electron chi connectivity index (χ4n) is 2.00. The number of carbonyl (C=O) groups excluding carboxylic acids is 1. The molecule has 0 aliphatic heterocycles. The van der Waals surface area contributed by atoms with Crippen LogP contribution in [-0.4, -0.2) is 25.0 Å². The summed E-state index contributed by atoms with van der Waals surface area (Å²) in [5, 5.41) is 6.13. The highest BCUT2D eigenvalue weighted by Crippen LogP contribution is 2.21. The van der Waals surface area contributed by atoms with Crippen LogP contribution in [0.5, 0.6) is 0 Å². The fraction of sp³-hybridized carbons (Fsp3) is 0.250. The molecule has 2 N–H and O–H groups in total. The molecule has 2 aromatic rings. The zero-order valence-corrected chi connectivity index (χ0v) is 12.6. The third-order valence-electron chi connectivity index (χ3n) is 2.97. The van der Waals surface area contributed by atoms with Gasteiger partial charge in [0.15, 0.2) is 5.82 Å². The Morgan fingerprint density at radius 2 is 1.90 bits per heavy atom. The van der Waals surface area contributed by atoms with E-state index in [9.17, 15) is 4.79 Å². The van der Waals surface area contributed by atoms with Crippen LogP contribution in [0.4, 0.5) is 17.2 Å². The Hall–Kier alpha value is -2.56. The van der Waals surface area contributed by atoms with Gasteiger partial charge >= 0.3 is 0 Å². The maximum Gasteiger partial charge on any atom is 0.221 e. The number of benzene rings is 1. The summed E-state index contributed by atoms with van der Waals surface area (Å²) in [4.78, 5) is 17.3. The molecule has 0 saturated heterocycles. The van der Waals surface area contributed by atoms with Gasteiger partial charge in [0.2, 0.25) is 5.91 Å². The van der Waals surface area contributed by atoms with Crippen molar-refractivity contribution in [3.05, 3.63) is 48.2 Å². The van der Waals surface area contributed by atoms with E-state index in [0.29, 0.717) is 6.54 Å². The molecular formula is C16H20N4O. The van der Waals surface area contributed by atoms with Crippen LogP contribution >= 0.6 is 0 Å². The summed E-state index contributed by atoms with van der Waals surface area (Å²) >= 11 is 0. The minimum Gasteiger partial charge on any atom is -0.378 e. The lowest BCUT2D eigenvalue weighted by molar-refractivity contribution is -0.114. The molecule has 0 aliphatic carbocycles. The Kier molecular flexibility index (Phi) is 4.77. The Morgan fingerprint density at radius 3 is 2.52 bits per heavy atom. The summed E-state index contributed by atoms with van der Waals surface area (Å²) in [5.74, 6) is 0.847. The number of pyridine rings is 1. The van der Waals surface area contributed by atoms with Crippen LogP contribution in [0.25, 0.3) is 0 Å². The quantitative estimate of drug-likeness (QED) is 0.886. The zero-order chi connectivity index (χ0) is 15.2. The van der Waals surface area contributed by atoms with E-state index in [1.807, 2.05) is 55.4 Å². The van der Waals surface area contributed by atoms with E-state index >= 15 is 0 Å². The Morgan fingerprint density at radius 1 is 1.19 bits per heavy atom. The second-order valence-corrected chi connectivity index (χ2v) is 5.00. The number of hydrogen-bond donors (Lipinski definition) is 2. The predicted molar refractivity (Wildman–Crippen MR) is 86.6 cm³/mol. The van der Waals surface area contributed by atoms with Crippen molar-refractivity contribution in [1.29, 1.82) is 0 Å². The maximum absolute atomic E-state index is 11.0. The average molecular weight is 284 g/mol. The fourth-order valence-corrected chi connectivity index (χ4v) is 2.00. The number of nitrogens with one attached hydrogen (secondary N) is 2. The molecule has 0 fully saturated rings. The van der Waals surface area contributed by atoms with Crippen molar-refractivity contribution < 1.29 is 4.79 Å². The van der Waals surface area contributed by atoms with Crippen LogP contribution < -0.4 is 15.5 Å². The van der Waals surface area contributed by atoms with Crippen molar-refractivity contribution in [3.8, 4) is 0 Å². The monoisotopic (exact) mass is 284 g/mol. The van der Waals surface area contributed by atoms with Gasteiger partial charge in [-0.15, -0.1) is 0 Å². The average Bonchev–Trinajstić information content (AvgIpc) is 2.46. The molecule has 5 nitrogen and oxygen atoms in total. The summed E-state index contributed by atoms with van der Waals surface area (Å²) in [6, 6.07) is 11.7. The van der Waals surface area contributed by atoms with E-state index in [0.717, 1.165) is 22.8 Å². The third kappa shape index (κ3) is 4.21. The number of carbonyl (C=O) groups is 1. The molecule has 1 aromatic carbocycles. The normalized spacial score (nSPS) is 10.0. The summed E-state index contributed by atoms with van der Waals surface area (Å²) in [7, 11) is 3.94. The number of aromatic nitrogens is 1. The first-order valence-corrected chi connectivity index (χ1v) is 6.79. The summed E-state index contributed by atoms with van der Waals surface area (Å²) in [6.45, 7) is 2.20.